The molecular formula is C18H30CaI2O6. The second-order valence-electron chi connectivity index (χ2n) is 5.80. The van der Waals surface area contributed by atoms with Crippen molar-refractivity contribution >= 4 is 37.7 Å². The van der Waals surface area contributed by atoms with Gasteiger partial charge in [-0.25, -0.2) is 0 Å². The van der Waals surface area contributed by atoms with Crippen molar-refractivity contribution in [3.05, 3.63) is 35.9 Å². The second-order valence-corrected chi connectivity index (χ2v) is 7.95. The Labute approximate surface area is 211 Å². The van der Waals surface area contributed by atoms with E-state index in [4.69, 9.17) is 20.6 Å². The summed E-state index contributed by atoms with van der Waals surface area (Å²) in [5, 5.41) is 0. The average Bonchev–Trinajstić information content (AvgIpc) is 2.56. The van der Waals surface area contributed by atoms with Crippen LogP contribution in [0.25, 0.3) is 0 Å². The molecule has 0 saturated carbocycles. The van der Waals surface area contributed by atoms with Crippen molar-refractivity contribution < 1.29 is 62.7 Å². The summed E-state index contributed by atoms with van der Waals surface area (Å²) in [6.07, 6.45) is 15.5. The Hall–Kier alpha value is 1.70. The largest absolute Gasteiger partial charge is 2.00 e. The third kappa shape index (κ3) is 38.9. The SMILES string of the molecule is CCCCCCCCCCCCc1ccccc1.[Ca+2].[O-][I+2]([O-])[O-].[O-][I+2]([O-])[O-]. The topological polar surface area (TPSA) is 138 Å². The van der Waals surface area contributed by atoms with Crippen LogP contribution in [0.1, 0.15) is 76.7 Å². The molecule has 0 aromatic heterocycles. The van der Waals surface area contributed by atoms with Crippen LogP contribution in [-0.2, 0) is 6.42 Å². The van der Waals surface area contributed by atoms with Gasteiger partial charge in [-0.05, 0) is 18.4 Å². The van der Waals surface area contributed by atoms with Crippen LogP contribution in [-0.4, -0.2) is 37.7 Å². The maximum absolute atomic E-state index is 8.57. The molecule has 0 atom stereocenters. The zero-order valence-corrected chi connectivity index (χ0v) is 22.6. The van der Waals surface area contributed by atoms with E-state index < -0.39 is 42.1 Å². The first kappa shape index (κ1) is 33.3. The molecule has 0 aliphatic heterocycles. The summed E-state index contributed by atoms with van der Waals surface area (Å²) in [6, 6.07) is 10.9. The second kappa shape index (κ2) is 27.7. The Balaban J connectivity index is -0.000000543. The fourth-order valence-electron chi connectivity index (χ4n) is 2.46. The fraction of sp³-hybridized carbons (Fsp3) is 0.667. The predicted octanol–water partition coefficient (Wildman–Crippen LogP) is -7.36. The minimum absolute atomic E-state index is 0. The molecule has 0 N–H and O–H groups in total. The van der Waals surface area contributed by atoms with Crippen molar-refractivity contribution in [3.8, 4) is 0 Å². The summed E-state index contributed by atoms with van der Waals surface area (Å²) in [4.78, 5) is 0. The molecular weight excluding hydrogens is 606 g/mol. The van der Waals surface area contributed by atoms with E-state index in [0.29, 0.717) is 0 Å². The number of halogens is 2. The van der Waals surface area contributed by atoms with Gasteiger partial charge in [0, 0.05) is 0 Å². The van der Waals surface area contributed by atoms with Crippen molar-refractivity contribution in [2.24, 2.45) is 0 Å². The van der Waals surface area contributed by atoms with Crippen molar-refractivity contribution in [3.63, 3.8) is 0 Å². The molecule has 1 rings (SSSR count). The van der Waals surface area contributed by atoms with Crippen molar-refractivity contribution in [2.75, 3.05) is 0 Å². The van der Waals surface area contributed by atoms with Crippen LogP contribution in [0.3, 0.4) is 0 Å². The summed E-state index contributed by atoms with van der Waals surface area (Å²) >= 11 is -8.03. The third-order valence-corrected chi connectivity index (χ3v) is 3.66. The summed E-state index contributed by atoms with van der Waals surface area (Å²) in [6.45, 7) is 2.28. The van der Waals surface area contributed by atoms with Crippen LogP contribution in [0.2, 0.25) is 0 Å². The number of benzene rings is 1. The first-order chi connectivity index (χ1) is 12.4. The first-order valence-corrected chi connectivity index (χ1v) is 14.2. The van der Waals surface area contributed by atoms with Crippen molar-refractivity contribution in [1.29, 1.82) is 0 Å². The van der Waals surface area contributed by atoms with E-state index in [1.807, 2.05) is 0 Å². The molecule has 0 saturated heterocycles. The minimum Gasteiger partial charge on any atom is -0.427 e. The van der Waals surface area contributed by atoms with Crippen LogP contribution in [0.4, 0.5) is 0 Å². The van der Waals surface area contributed by atoms with Gasteiger partial charge in [0.05, 0.1) is 0 Å². The normalized spacial score (nSPS) is 9.81. The van der Waals surface area contributed by atoms with Crippen LogP contribution < -0.4 is 62.7 Å². The molecule has 27 heavy (non-hydrogen) atoms. The van der Waals surface area contributed by atoms with E-state index in [1.54, 1.807) is 0 Å². The Morgan fingerprint density at radius 2 is 0.926 bits per heavy atom. The average molecular weight is 636 g/mol. The monoisotopic (exact) mass is 636 g/mol. The molecule has 0 amide bonds. The van der Waals surface area contributed by atoms with Gasteiger partial charge in [-0.15, -0.1) is 0 Å². The molecule has 0 bridgehead atoms. The molecule has 0 radical (unpaired) electrons. The van der Waals surface area contributed by atoms with E-state index in [0.717, 1.165) is 0 Å². The summed E-state index contributed by atoms with van der Waals surface area (Å²) in [5.41, 5.74) is 1.50. The zero-order chi connectivity index (χ0) is 20.0. The number of unbranched alkanes of at least 4 members (excludes halogenated alkanes) is 9. The first-order valence-electron chi connectivity index (χ1n) is 8.90. The van der Waals surface area contributed by atoms with Gasteiger partial charge < -0.3 is 20.6 Å². The molecule has 9 heteroatoms. The van der Waals surface area contributed by atoms with Crippen molar-refractivity contribution in [1.82, 2.24) is 0 Å². The van der Waals surface area contributed by atoms with Crippen LogP contribution in [0.5, 0.6) is 0 Å². The predicted molar refractivity (Wildman–Crippen MR) is 87.7 cm³/mol. The van der Waals surface area contributed by atoms with Crippen molar-refractivity contribution in [2.45, 2.75) is 77.6 Å². The van der Waals surface area contributed by atoms with Gasteiger partial charge in [0.1, 0.15) is 0 Å². The Morgan fingerprint density at radius 1 is 0.593 bits per heavy atom. The molecule has 0 heterocycles. The van der Waals surface area contributed by atoms with Gasteiger partial charge in [0.25, 0.3) is 42.1 Å². The summed E-state index contributed by atoms with van der Waals surface area (Å²) in [5.74, 6) is 0. The number of aryl methyl sites for hydroxylation is 1. The molecule has 0 aliphatic carbocycles. The van der Waals surface area contributed by atoms with Gasteiger partial charge in [-0.3, -0.25) is 0 Å². The molecule has 0 aliphatic rings. The zero-order valence-electron chi connectivity index (χ0n) is 16.1. The van der Waals surface area contributed by atoms with Crippen LogP contribution >= 0.6 is 0 Å². The standard InChI is InChI=1S/C18H30.Ca.2IO3/c1-2-3-4-5-6-7-8-9-10-12-15-18-16-13-11-14-17-18;;2*2-1(3)4/h11,13-14,16-17H,2-10,12,15H2,1H3;;;/q;+2;2*-1. The van der Waals surface area contributed by atoms with Gasteiger partial charge >= 0.3 is 37.7 Å². The maximum Gasteiger partial charge on any atom is 2.00 e. The third-order valence-electron chi connectivity index (χ3n) is 3.66. The minimum atomic E-state index is -4.01. The molecule has 0 fully saturated rings. The Morgan fingerprint density at radius 3 is 1.30 bits per heavy atom. The van der Waals surface area contributed by atoms with Crippen LogP contribution in [0.15, 0.2) is 30.3 Å². The quantitative estimate of drug-likeness (QED) is 0.135. The molecule has 154 valence electrons. The van der Waals surface area contributed by atoms with E-state index in [2.05, 4.69) is 37.3 Å². The van der Waals surface area contributed by atoms with Gasteiger partial charge in [0.15, 0.2) is 0 Å². The molecule has 0 spiro atoms. The summed E-state index contributed by atoms with van der Waals surface area (Å²) < 4.78 is 51.4. The number of hydrogen-bond acceptors (Lipinski definition) is 6. The number of rotatable bonds is 11. The Bertz CT molecular complexity index is 361. The summed E-state index contributed by atoms with van der Waals surface area (Å²) in [7, 11) is 0. The fourth-order valence-corrected chi connectivity index (χ4v) is 2.46. The van der Waals surface area contributed by atoms with E-state index >= 15 is 0 Å². The van der Waals surface area contributed by atoms with E-state index in [9.17, 15) is 0 Å². The maximum atomic E-state index is 8.57. The molecule has 6 nitrogen and oxygen atoms in total. The van der Waals surface area contributed by atoms with E-state index in [-0.39, 0.29) is 37.7 Å². The van der Waals surface area contributed by atoms with Gasteiger partial charge in [0.2, 0.25) is 0 Å². The smallest absolute Gasteiger partial charge is 0.427 e. The molecule has 1 aromatic rings. The molecule has 1 aromatic carbocycles. The molecule has 0 unspecified atom stereocenters. The van der Waals surface area contributed by atoms with Gasteiger partial charge in [-0.1, -0.05) is 95.0 Å². The Kier molecular flexibility index (Phi) is 34.2. The van der Waals surface area contributed by atoms with Gasteiger partial charge in [-0.2, -0.15) is 0 Å². The van der Waals surface area contributed by atoms with E-state index in [1.165, 1.54) is 76.2 Å². The van der Waals surface area contributed by atoms with Crippen LogP contribution in [0, 0.1) is 0 Å². The number of hydrogen-bond donors (Lipinski definition) is 0.